The van der Waals surface area contributed by atoms with Gasteiger partial charge in [-0.15, -0.1) is 11.8 Å². The summed E-state index contributed by atoms with van der Waals surface area (Å²) in [6.45, 7) is 3.63. The molecule has 0 unspecified atom stereocenters. The molecule has 7 aromatic rings. The summed E-state index contributed by atoms with van der Waals surface area (Å²) in [5.74, 6) is -0.325. The van der Waals surface area contributed by atoms with Crippen molar-refractivity contribution < 1.29 is 52.2 Å². The molecule has 2 fully saturated rings. The zero-order valence-electron chi connectivity index (χ0n) is 43.6. The SMILES string of the molecule is CCS[C@@H]1O[C@H](COCc2ccccc2)[C@@H](O[C@@H]2O[C@H](COCc3ccccc3)[C@@H](OCc3ccccc3)[C@H](OCc3ccccc3)[C@@H]2OCc2ccccc2)[C@H](OCc2ccccc2)[C@H]1NN1C(=O)c2ccccc2C1=O. The molecule has 0 radical (unpaired) electrons. The Morgan fingerprint density at radius 2 is 0.782 bits per heavy atom. The number of amides is 2. The van der Waals surface area contributed by atoms with Gasteiger partial charge in [0.25, 0.3) is 11.8 Å². The quantitative estimate of drug-likeness (QED) is 0.0517. The maximum atomic E-state index is 14.2. The molecule has 14 heteroatoms. The molecule has 0 saturated carbocycles. The predicted molar refractivity (Wildman–Crippen MR) is 296 cm³/mol. The van der Waals surface area contributed by atoms with Gasteiger partial charge >= 0.3 is 0 Å². The van der Waals surface area contributed by atoms with Crippen LogP contribution in [-0.2, 0) is 82.3 Å². The number of nitrogens with one attached hydrogen (secondary N) is 1. The van der Waals surface area contributed by atoms with Gasteiger partial charge in [-0.05, 0) is 51.3 Å². The van der Waals surface area contributed by atoms with Crippen molar-refractivity contribution in [2.24, 2.45) is 0 Å². The van der Waals surface area contributed by atoms with Gasteiger partial charge in [0.1, 0.15) is 48.2 Å². The highest BCUT2D eigenvalue weighted by molar-refractivity contribution is 7.99. The lowest BCUT2D eigenvalue weighted by Crippen LogP contribution is -2.69. The van der Waals surface area contributed by atoms with Crippen molar-refractivity contribution in [2.45, 2.75) is 107 Å². The molecule has 3 aliphatic rings. The zero-order chi connectivity index (χ0) is 53.3. The monoisotopic (exact) mass is 1070 g/mol. The first-order valence-corrected chi connectivity index (χ1v) is 27.7. The Balaban J connectivity index is 1.06. The van der Waals surface area contributed by atoms with E-state index in [-0.39, 0.29) is 39.6 Å². The number of thioether (sulfide) groups is 1. The molecule has 2 amide bonds. The third-order valence-corrected chi connectivity index (χ3v) is 14.9. The summed E-state index contributed by atoms with van der Waals surface area (Å²) in [6, 6.07) is 65.6. The van der Waals surface area contributed by atoms with Crippen molar-refractivity contribution in [1.29, 1.82) is 0 Å². The first-order chi connectivity index (χ1) is 38.5. The largest absolute Gasteiger partial charge is 0.374 e. The summed E-state index contributed by atoms with van der Waals surface area (Å²) in [7, 11) is 0. The number of nitrogens with zero attached hydrogens (tertiary/aromatic N) is 1. The summed E-state index contributed by atoms with van der Waals surface area (Å²) in [5.41, 5.74) is 9.02. The number of hydrazine groups is 1. The minimum Gasteiger partial charge on any atom is -0.374 e. The average Bonchev–Trinajstić information content (AvgIpc) is 3.73. The van der Waals surface area contributed by atoms with Gasteiger partial charge in [0.05, 0.1) is 70.0 Å². The number of benzene rings is 7. The number of imide groups is 1. The van der Waals surface area contributed by atoms with Crippen LogP contribution in [0.3, 0.4) is 0 Å². The predicted octanol–water partition coefficient (Wildman–Crippen LogP) is 10.5. The van der Waals surface area contributed by atoms with E-state index in [1.165, 1.54) is 11.8 Å². The number of ether oxygens (including phenoxy) is 9. The van der Waals surface area contributed by atoms with Crippen LogP contribution in [0.4, 0.5) is 0 Å². The normalized spacial score (nSPS) is 24.0. The minimum absolute atomic E-state index is 0.0773. The van der Waals surface area contributed by atoms with E-state index in [2.05, 4.69) is 5.43 Å². The highest BCUT2D eigenvalue weighted by atomic mass is 32.2. The lowest BCUT2D eigenvalue weighted by molar-refractivity contribution is -0.355. The van der Waals surface area contributed by atoms with Crippen molar-refractivity contribution in [3.63, 3.8) is 0 Å². The molecule has 0 bridgehead atoms. The average molecular weight is 1070 g/mol. The first-order valence-electron chi connectivity index (χ1n) is 26.7. The van der Waals surface area contributed by atoms with E-state index < -0.39 is 72.3 Å². The molecule has 0 aliphatic carbocycles. The smallest absolute Gasteiger partial charge is 0.276 e. The minimum atomic E-state index is -1.18. The summed E-state index contributed by atoms with van der Waals surface area (Å²) in [4.78, 5) is 28.4. The van der Waals surface area contributed by atoms with Gasteiger partial charge in [-0.25, -0.2) is 10.4 Å². The second kappa shape index (κ2) is 28.0. The molecule has 0 aromatic heterocycles. The zero-order valence-corrected chi connectivity index (χ0v) is 44.4. The topological polar surface area (TPSA) is 132 Å². The Labute approximate surface area is 461 Å². The first kappa shape index (κ1) is 55.0. The highest BCUT2D eigenvalue weighted by Gasteiger charge is 2.55. The van der Waals surface area contributed by atoms with Gasteiger partial charge < -0.3 is 42.6 Å². The second-order valence-electron chi connectivity index (χ2n) is 19.3. The molecule has 0 spiro atoms. The van der Waals surface area contributed by atoms with Gasteiger partial charge in [0.15, 0.2) is 6.29 Å². The van der Waals surface area contributed by atoms with Crippen LogP contribution in [0.5, 0.6) is 0 Å². The van der Waals surface area contributed by atoms with Crippen LogP contribution >= 0.6 is 11.8 Å². The van der Waals surface area contributed by atoms with E-state index >= 15 is 0 Å². The molecule has 78 heavy (non-hydrogen) atoms. The van der Waals surface area contributed by atoms with Crippen LogP contribution < -0.4 is 5.43 Å². The number of hydrogen-bond acceptors (Lipinski definition) is 13. The maximum Gasteiger partial charge on any atom is 0.276 e. The third-order valence-electron chi connectivity index (χ3n) is 13.9. The van der Waals surface area contributed by atoms with E-state index in [9.17, 15) is 9.59 Å². The molecule has 3 heterocycles. The van der Waals surface area contributed by atoms with Crippen LogP contribution in [-0.4, -0.2) is 96.3 Å². The lowest BCUT2D eigenvalue weighted by Gasteiger charge is -2.50. The molecular formula is C64H66N2O11S. The molecule has 404 valence electrons. The molecule has 10 rings (SSSR count). The van der Waals surface area contributed by atoms with Gasteiger partial charge in [0.2, 0.25) is 0 Å². The Morgan fingerprint density at radius 3 is 1.21 bits per heavy atom. The Morgan fingerprint density at radius 1 is 0.423 bits per heavy atom. The highest BCUT2D eigenvalue weighted by Crippen LogP contribution is 2.38. The van der Waals surface area contributed by atoms with Crippen LogP contribution in [0, 0.1) is 0 Å². The fourth-order valence-corrected chi connectivity index (χ4v) is 10.9. The Kier molecular flexibility index (Phi) is 19.7. The Hall–Kier alpha value is -6.37. The van der Waals surface area contributed by atoms with E-state index in [0.717, 1.165) is 38.4 Å². The van der Waals surface area contributed by atoms with Crippen LogP contribution in [0.15, 0.2) is 206 Å². The Bertz CT molecular complexity index is 2880. The molecule has 10 atom stereocenters. The van der Waals surface area contributed by atoms with Crippen molar-refractivity contribution in [2.75, 3.05) is 19.0 Å². The third kappa shape index (κ3) is 14.3. The fraction of sp³-hybridized carbons (Fsp3) is 0.312. The van der Waals surface area contributed by atoms with E-state index in [1.54, 1.807) is 24.3 Å². The van der Waals surface area contributed by atoms with Crippen molar-refractivity contribution in [3.05, 3.63) is 251 Å². The molecule has 3 aliphatic heterocycles. The summed E-state index contributed by atoms with van der Waals surface area (Å²) in [5, 5.41) is 1.08. The van der Waals surface area contributed by atoms with Crippen LogP contribution in [0.2, 0.25) is 0 Å². The molecule has 13 nitrogen and oxygen atoms in total. The summed E-state index contributed by atoms with van der Waals surface area (Å²) < 4.78 is 63.5. The number of carbonyl (C=O) groups is 2. The van der Waals surface area contributed by atoms with Crippen LogP contribution in [0.25, 0.3) is 0 Å². The van der Waals surface area contributed by atoms with Crippen molar-refractivity contribution >= 4 is 23.6 Å². The summed E-state index contributed by atoms with van der Waals surface area (Å²) >= 11 is 1.53. The van der Waals surface area contributed by atoms with Crippen LogP contribution in [0.1, 0.15) is 61.0 Å². The van der Waals surface area contributed by atoms with E-state index in [0.29, 0.717) is 30.1 Å². The van der Waals surface area contributed by atoms with E-state index in [1.807, 2.05) is 189 Å². The van der Waals surface area contributed by atoms with Gasteiger partial charge in [-0.1, -0.05) is 201 Å². The number of carbonyl (C=O) groups excluding carboxylic acids is 2. The van der Waals surface area contributed by atoms with Crippen molar-refractivity contribution in [1.82, 2.24) is 10.4 Å². The molecule has 1 N–H and O–H groups in total. The van der Waals surface area contributed by atoms with Crippen molar-refractivity contribution in [3.8, 4) is 0 Å². The second-order valence-corrected chi connectivity index (χ2v) is 20.7. The van der Waals surface area contributed by atoms with E-state index in [4.69, 9.17) is 42.6 Å². The standard InChI is InChI=1S/C64H66N2O11S/c1-2-78-64-55(65-66-61(67)51-35-21-22-36-52(51)62(66)68)58(72-40-48-29-15-6-16-30-48)57(54(76-64)44-70-38-46-25-11-4-12-26-46)77-63-60(74-42-50-33-19-8-20-34-50)59(73-41-49-31-17-7-18-32-49)56(71-39-47-27-13-5-14-28-47)53(75-63)43-69-37-45-23-9-3-10-24-45/h3-36,53-60,63-65H,2,37-44H2,1H3/t53-,54-,55-,56-,57-,58-,59+,60+,63+,64+/m1/s1. The maximum absolute atomic E-state index is 14.2. The van der Waals surface area contributed by atoms with Gasteiger partial charge in [-0.2, -0.15) is 0 Å². The molecular weight excluding hydrogens is 1000 g/mol. The lowest BCUT2D eigenvalue weighted by atomic mass is 9.95. The number of fused-ring (bicyclic) bond motifs is 1. The fourth-order valence-electron chi connectivity index (χ4n) is 9.95. The van der Waals surface area contributed by atoms with Gasteiger partial charge in [-0.3, -0.25) is 9.59 Å². The molecule has 2 saturated heterocycles. The molecule has 7 aromatic carbocycles. The van der Waals surface area contributed by atoms with Gasteiger partial charge in [0, 0.05) is 0 Å². The summed E-state index contributed by atoms with van der Waals surface area (Å²) in [6.07, 6.45) is -7.14. The number of hydrogen-bond donors (Lipinski definition) is 1. The number of rotatable bonds is 26.